The zero-order valence-corrected chi connectivity index (χ0v) is 11.7. The molecule has 2 aromatic rings. The molecule has 0 amide bonds. The molecule has 0 saturated carbocycles. The fourth-order valence-corrected chi connectivity index (χ4v) is 2.40. The first kappa shape index (κ1) is 13.7. The molecule has 0 spiro atoms. The lowest BCUT2D eigenvalue weighted by Gasteiger charge is -2.28. The zero-order chi connectivity index (χ0) is 14.8. The van der Waals surface area contributed by atoms with Gasteiger partial charge in [0, 0.05) is 18.2 Å². The molecule has 0 aliphatic carbocycles. The Hall–Kier alpha value is -2.27. The average Bonchev–Trinajstić information content (AvgIpc) is 2.53. The maximum Gasteiger partial charge on any atom is 0.151 e. The first-order valence-corrected chi connectivity index (χ1v) is 6.80. The minimum atomic E-state index is -0.304. The lowest BCUT2D eigenvalue weighted by Crippen LogP contribution is -2.37. The third kappa shape index (κ3) is 2.64. The predicted octanol–water partition coefficient (Wildman–Crippen LogP) is 2.63. The smallest absolute Gasteiger partial charge is 0.151 e. The molecule has 0 saturated heterocycles. The summed E-state index contributed by atoms with van der Waals surface area (Å²) in [4.78, 5) is 0. The largest absolute Gasteiger partial charge is 0.497 e. The number of ether oxygens (including phenoxy) is 2. The van der Waals surface area contributed by atoms with Crippen molar-refractivity contribution in [2.75, 3.05) is 25.5 Å². The van der Waals surface area contributed by atoms with Gasteiger partial charge in [0.1, 0.15) is 17.7 Å². The quantitative estimate of drug-likeness (QED) is 0.911. The van der Waals surface area contributed by atoms with E-state index in [9.17, 15) is 4.39 Å². The lowest BCUT2D eigenvalue weighted by atomic mass is 10.0. The second-order valence-electron chi connectivity index (χ2n) is 4.91. The van der Waals surface area contributed by atoms with Crippen LogP contribution in [0.1, 0.15) is 0 Å². The van der Waals surface area contributed by atoms with Crippen LogP contribution in [-0.2, 0) is 0 Å². The molecular weight excluding hydrogens is 271 g/mol. The van der Waals surface area contributed by atoms with E-state index in [1.165, 1.54) is 12.1 Å². The van der Waals surface area contributed by atoms with E-state index in [2.05, 4.69) is 5.32 Å². The highest BCUT2D eigenvalue weighted by Crippen LogP contribution is 2.40. The molecule has 3 rings (SSSR count). The first-order valence-electron chi connectivity index (χ1n) is 6.80. The summed E-state index contributed by atoms with van der Waals surface area (Å²) in [5.41, 5.74) is 7.89. The number of nitrogens with two attached hydrogens (primary N) is 1. The van der Waals surface area contributed by atoms with Crippen molar-refractivity contribution < 1.29 is 13.9 Å². The monoisotopic (exact) mass is 288 g/mol. The van der Waals surface area contributed by atoms with E-state index >= 15 is 0 Å². The van der Waals surface area contributed by atoms with Crippen LogP contribution in [0.5, 0.6) is 11.5 Å². The van der Waals surface area contributed by atoms with Gasteiger partial charge >= 0.3 is 0 Å². The molecule has 1 heterocycles. The second-order valence-corrected chi connectivity index (χ2v) is 4.91. The first-order chi connectivity index (χ1) is 10.2. The molecule has 0 bridgehead atoms. The number of nitrogens with one attached hydrogen (secondary N) is 1. The third-order valence-corrected chi connectivity index (χ3v) is 3.52. The number of halogens is 1. The topological polar surface area (TPSA) is 56.5 Å². The molecule has 1 aliphatic rings. The standard InChI is InChI=1S/C16H17FN2O2/c1-20-12-4-2-10(3-5-12)14-6-11(17)7-15-16(14)21-13(8-18)9-19-15/h2-7,13,19H,8-9,18H2,1H3. The van der Waals surface area contributed by atoms with Gasteiger partial charge in [0.25, 0.3) is 0 Å². The normalized spacial score (nSPS) is 16.6. The van der Waals surface area contributed by atoms with Crippen molar-refractivity contribution >= 4 is 5.69 Å². The Kier molecular flexibility index (Phi) is 3.66. The van der Waals surface area contributed by atoms with E-state index < -0.39 is 0 Å². The van der Waals surface area contributed by atoms with Gasteiger partial charge in [0.2, 0.25) is 0 Å². The number of hydrogen-bond acceptors (Lipinski definition) is 4. The molecule has 1 unspecified atom stereocenters. The van der Waals surface area contributed by atoms with Gasteiger partial charge < -0.3 is 20.5 Å². The van der Waals surface area contributed by atoms with Gasteiger partial charge in [-0.1, -0.05) is 12.1 Å². The fraction of sp³-hybridized carbons (Fsp3) is 0.250. The molecule has 0 fully saturated rings. The fourth-order valence-electron chi connectivity index (χ4n) is 2.40. The number of anilines is 1. The van der Waals surface area contributed by atoms with Crippen LogP contribution in [0.25, 0.3) is 11.1 Å². The molecule has 110 valence electrons. The molecule has 1 atom stereocenters. The maximum atomic E-state index is 13.8. The molecule has 0 radical (unpaired) electrons. The van der Waals surface area contributed by atoms with Crippen molar-refractivity contribution in [2.45, 2.75) is 6.10 Å². The van der Waals surface area contributed by atoms with Gasteiger partial charge in [0.15, 0.2) is 5.75 Å². The van der Waals surface area contributed by atoms with Crippen molar-refractivity contribution in [2.24, 2.45) is 5.73 Å². The number of fused-ring (bicyclic) bond motifs is 1. The van der Waals surface area contributed by atoms with Crippen LogP contribution in [0.15, 0.2) is 36.4 Å². The van der Waals surface area contributed by atoms with Gasteiger partial charge in [-0.3, -0.25) is 0 Å². The van der Waals surface area contributed by atoms with Crippen LogP contribution in [0, 0.1) is 5.82 Å². The summed E-state index contributed by atoms with van der Waals surface area (Å²) in [6.07, 6.45) is -0.111. The molecule has 1 aliphatic heterocycles. The van der Waals surface area contributed by atoms with Crippen molar-refractivity contribution in [3.05, 3.63) is 42.2 Å². The van der Waals surface area contributed by atoms with Crippen LogP contribution in [-0.4, -0.2) is 26.3 Å². The van der Waals surface area contributed by atoms with Gasteiger partial charge in [0.05, 0.1) is 19.3 Å². The van der Waals surface area contributed by atoms with Crippen LogP contribution >= 0.6 is 0 Å². The average molecular weight is 288 g/mol. The number of methoxy groups -OCH3 is 1. The van der Waals surface area contributed by atoms with Crippen molar-refractivity contribution in [1.82, 2.24) is 0 Å². The summed E-state index contributed by atoms with van der Waals surface area (Å²) in [5, 5.41) is 3.17. The Morgan fingerprint density at radius 3 is 2.76 bits per heavy atom. The van der Waals surface area contributed by atoms with E-state index in [1.807, 2.05) is 24.3 Å². The van der Waals surface area contributed by atoms with Crippen molar-refractivity contribution in [1.29, 1.82) is 0 Å². The van der Waals surface area contributed by atoms with Crippen LogP contribution in [0.2, 0.25) is 0 Å². The molecule has 21 heavy (non-hydrogen) atoms. The summed E-state index contributed by atoms with van der Waals surface area (Å²) < 4.78 is 24.9. The number of hydrogen-bond donors (Lipinski definition) is 2. The summed E-state index contributed by atoms with van der Waals surface area (Å²) in [6, 6.07) is 10.3. The van der Waals surface area contributed by atoms with E-state index in [1.54, 1.807) is 7.11 Å². The predicted molar refractivity (Wildman–Crippen MR) is 80.3 cm³/mol. The van der Waals surface area contributed by atoms with Crippen LogP contribution in [0.4, 0.5) is 10.1 Å². The number of benzene rings is 2. The molecule has 0 aromatic heterocycles. The summed E-state index contributed by atoms with van der Waals surface area (Å²) in [6.45, 7) is 0.987. The van der Waals surface area contributed by atoms with Crippen LogP contribution < -0.4 is 20.5 Å². The minimum Gasteiger partial charge on any atom is -0.497 e. The lowest BCUT2D eigenvalue weighted by molar-refractivity contribution is 0.215. The zero-order valence-electron chi connectivity index (χ0n) is 11.7. The van der Waals surface area contributed by atoms with Gasteiger partial charge in [-0.05, 0) is 23.8 Å². The highest BCUT2D eigenvalue weighted by molar-refractivity contribution is 5.79. The molecule has 5 heteroatoms. The Balaban J connectivity index is 2.06. The summed E-state index contributed by atoms with van der Waals surface area (Å²) >= 11 is 0. The van der Waals surface area contributed by atoms with Gasteiger partial charge in [-0.25, -0.2) is 4.39 Å². The summed E-state index contributed by atoms with van der Waals surface area (Å²) in [7, 11) is 1.61. The molecule has 3 N–H and O–H groups in total. The molecule has 2 aromatic carbocycles. The van der Waals surface area contributed by atoms with E-state index in [4.69, 9.17) is 15.2 Å². The summed E-state index contributed by atoms with van der Waals surface area (Å²) in [5.74, 6) is 1.09. The van der Waals surface area contributed by atoms with E-state index in [-0.39, 0.29) is 11.9 Å². The SMILES string of the molecule is COc1ccc(-c2cc(F)cc3c2OC(CN)CN3)cc1. The Morgan fingerprint density at radius 2 is 2.10 bits per heavy atom. The Bertz CT molecular complexity index is 643. The Morgan fingerprint density at radius 1 is 1.33 bits per heavy atom. The van der Waals surface area contributed by atoms with Crippen molar-refractivity contribution in [3.63, 3.8) is 0 Å². The highest BCUT2D eigenvalue weighted by atomic mass is 19.1. The third-order valence-electron chi connectivity index (χ3n) is 3.52. The van der Waals surface area contributed by atoms with E-state index in [0.717, 1.165) is 11.3 Å². The highest BCUT2D eigenvalue weighted by Gasteiger charge is 2.22. The molecular formula is C16H17FN2O2. The van der Waals surface area contributed by atoms with Gasteiger partial charge in [-0.15, -0.1) is 0 Å². The van der Waals surface area contributed by atoms with Crippen molar-refractivity contribution in [3.8, 4) is 22.6 Å². The Labute approximate surface area is 122 Å². The van der Waals surface area contributed by atoms with Gasteiger partial charge in [-0.2, -0.15) is 0 Å². The maximum absolute atomic E-state index is 13.8. The second kappa shape index (κ2) is 5.61. The van der Waals surface area contributed by atoms with Crippen LogP contribution in [0.3, 0.4) is 0 Å². The number of rotatable bonds is 3. The molecule has 4 nitrogen and oxygen atoms in total. The van der Waals surface area contributed by atoms with E-state index in [0.29, 0.717) is 30.1 Å². The minimum absolute atomic E-state index is 0.111.